The van der Waals surface area contributed by atoms with Crippen LogP contribution in [-0.4, -0.2) is 33.7 Å². The Hall–Kier alpha value is -2.48. The van der Waals surface area contributed by atoms with Crippen molar-refractivity contribution in [1.29, 1.82) is 0 Å². The van der Waals surface area contributed by atoms with Crippen LogP contribution in [0, 0.1) is 0 Å². The molecule has 0 atom stereocenters. The molecule has 0 spiro atoms. The monoisotopic (exact) mass is 324 g/mol. The molecule has 6 nitrogen and oxygen atoms in total. The molecule has 0 saturated carbocycles. The third-order valence-corrected chi connectivity index (χ3v) is 3.18. The number of halogens is 2. The Morgan fingerprint density at radius 2 is 2.04 bits per heavy atom. The molecule has 2 rings (SSSR count). The van der Waals surface area contributed by atoms with Gasteiger partial charge in [0.05, 0.1) is 6.54 Å². The SMILES string of the molecule is O=C(NCCCO)c1ccc(NCc2nccn2C(F)F)cc1. The van der Waals surface area contributed by atoms with Crippen molar-refractivity contribution in [2.24, 2.45) is 0 Å². The third-order valence-electron chi connectivity index (χ3n) is 3.18. The Balaban J connectivity index is 1.90. The van der Waals surface area contributed by atoms with Gasteiger partial charge in [0.2, 0.25) is 0 Å². The van der Waals surface area contributed by atoms with Crippen LogP contribution in [-0.2, 0) is 6.54 Å². The van der Waals surface area contributed by atoms with Crippen molar-refractivity contribution < 1.29 is 18.7 Å². The summed E-state index contributed by atoms with van der Waals surface area (Å²) in [4.78, 5) is 15.7. The van der Waals surface area contributed by atoms with E-state index in [1.54, 1.807) is 24.3 Å². The van der Waals surface area contributed by atoms with Crippen LogP contribution in [0.2, 0.25) is 0 Å². The first-order valence-electron chi connectivity index (χ1n) is 7.14. The molecule has 0 saturated heterocycles. The number of alkyl halides is 2. The van der Waals surface area contributed by atoms with E-state index in [1.807, 2.05) is 0 Å². The summed E-state index contributed by atoms with van der Waals surface area (Å²) in [6.07, 6.45) is 3.05. The predicted octanol–water partition coefficient (Wildman–Crippen LogP) is 2.00. The van der Waals surface area contributed by atoms with Crippen LogP contribution in [0.25, 0.3) is 0 Å². The topological polar surface area (TPSA) is 79.2 Å². The number of hydrogen-bond donors (Lipinski definition) is 3. The van der Waals surface area contributed by atoms with E-state index in [0.29, 0.717) is 24.2 Å². The molecule has 0 aliphatic heterocycles. The maximum atomic E-state index is 12.7. The zero-order valence-corrected chi connectivity index (χ0v) is 12.4. The van der Waals surface area contributed by atoms with Crippen LogP contribution >= 0.6 is 0 Å². The minimum Gasteiger partial charge on any atom is -0.396 e. The average Bonchev–Trinajstić information content (AvgIpc) is 3.02. The van der Waals surface area contributed by atoms with Gasteiger partial charge in [-0.3, -0.25) is 9.36 Å². The highest BCUT2D eigenvalue weighted by Gasteiger charge is 2.11. The molecular formula is C15H18F2N4O2. The molecule has 1 heterocycles. The van der Waals surface area contributed by atoms with Crippen LogP contribution in [0.15, 0.2) is 36.7 Å². The zero-order chi connectivity index (χ0) is 16.7. The highest BCUT2D eigenvalue weighted by Crippen LogP contribution is 2.15. The molecule has 0 unspecified atom stereocenters. The first kappa shape index (κ1) is 16.9. The molecular weight excluding hydrogens is 306 g/mol. The van der Waals surface area contributed by atoms with Gasteiger partial charge in [0.15, 0.2) is 0 Å². The molecule has 0 aliphatic carbocycles. The van der Waals surface area contributed by atoms with Crippen molar-refractivity contribution >= 4 is 11.6 Å². The van der Waals surface area contributed by atoms with Gasteiger partial charge in [-0.25, -0.2) is 4.98 Å². The molecule has 1 aromatic carbocycles. The van der Waals surface area contributed by atoms with E-state index in [4.69, 9.17) is 5.11 Å². The second kappa shape index (κ2) is 8.23. The van der Waals surface area contributed by atoms with Crippen molar-refractivity contribution in [3.05, 3.63) is 48.0 Å². The maximum absolute atomic E-state index is 12.7. The van der Waals surface area contributed by atoms with Gasteiger partial charge in [0.25, 0.3) is 5.91 Å². The number of imidazole rings is 1. The first-order valence-corrected chi connectivity index (χ1v) is 7.14. The van der Waals surface area contributed by atoms with Gasteiger partial charge >= 0.3 is 6.55 Å². The fraction of sp³-hybridized carbons (Fsp3) is 0.333. The van der Waals surface area contributed by atoms with Gasteiger partial charge in [0.1, 0.15) is 5.82 Å². The number of nitrogens with one attached hydrogen (secondary N) is 2. The largest absolute Gasteiger partial charge is 0.396 e. The molecule has 0 radical (unpaired) electrons. The lowest BCUT2D eigenvalue weighted by Crippen LogP contribution is -2.24. The number of benzene rings is 1. The van der Waals surface area contributed by atoms with E-state index in [-0.39, 0.29) is 24.9 Å². The highest BCUT2D eigenvalue weighted by molar-refractivity contribution is 5.94. The molecule has 3 N–H and O–H groups in total. The van der Waals surface area contributed by atoms with Gasteiger partial charge in [-0.15, -0.1) is 0 Å². The Kier molecular flexibility index (Phi) is 6.04. The van der Waals surface area contributed by atoms with E-state index >= 15 is 0 Å². The molecule has 0 bridgehead atoms. The molecule has 0 aliphatic rings. The number of carbonyl (C=O) groups excluding carboxylic acids is 1. The van der Waals surface area contributed by atoms with E-state index in [9.17, 15) is 13.6 Å². The molecule has 2 aromatic rings. The quantitative estimate of drug-likeness (QED) is 0.649. The van der Waals surface area contributed by atoms with Crippen LogP contribution in [0.4, 0.5) is 14.5 Å². The van der Waals surface area contributed by atoms with Crippen molar-refractivity contribution in [3.63, 3.8) is 0 Å². The van der Waals surface area contributed by atoms with Gasteiger partial charge in [-0.05, 0) is 30.7 Å². The number of aromatic nitrogens is 2. The predicted molar refractivity (Wildman–Crippen MR) is 81.3 cm³/mol. The Labute approximate surface area is 132 Å². The molecule has 1 amide bonds. The van der Waals surface area contributed by atoms with E-state index < -0.39 is 6.55 Å². The molecule has 8 heteroatoms. The van der Waals surface area contributed by atoms with Crippen molar-refractivity contribution in [3.8, 4) is 0 Å². The number of rotatable bonds is 8. The second-order valence-electron chi connectivity index (χ2n) is 4.79. The van der Waals surface area contributed by atoms with E-state index in [1.165, 1.54) is 12.4 Å². The van der Waals surface area contributed by atoms with Crippen LogP contribution in [0.1, 0.15) is 29.2 Å². The lowest BCUT2D eigenvalue weighted by Gasteiger charge is -2.09. The summed E-state index contributed by atoms with van der Waals surface area (Å²) in [5.74, 6) is 0.00377. The van der Waals surface area contributed by atoms with E-state index in [2.05, 4.69) is 15.6 Å². The minimum absolute atomic E-state index is 0.0253. The summed E-state index contributed by atoms with van der Waals surface area (Å²) < 4.78 is 26.2. The van der Waals surface area contributed by atoms with Gasteiger partial charge in [-0.2, -0.15) is 8.78 Å². The molecule has 1 aromatic heterocycles. The fourth-order valence-corrected chi connectivity index (χ4v) is 1.96. The summed E-state index contributed by atoms with van der Waals surface area (Å²) in [6.45, 7) is -2.04. The third kappa shape index (κ3) is 4.75. The Morgan fingerprint density at radius 3 is 2.70 bits per heavy atom. The van der Waals surface area contributed by atoms with Crippen LogP contribution in [0.5, 0.6) is 0 Å². The fourth-order valence-electron chi connectivity index (χ4n) is 1.96. The molecule has 124 valence electrons. The standard InChI is InChI=1S/C15H18F2N4O2/c16-15(17)21-8-7-18-13(21)10-20-12-4-2-11(3-5-12)14(23)19-6-1-9-22/h2-5,7-8,15,20,22H,1,6,9-10H2,(H,19,23). The van der Waals surface area contributed by atoms with Gasteiger partial charge in [-0.1, -0.05) is 0 Å². The van der Waals surface area contributed by atoms with E-state index in [0.717, 1.165) is 4.57 Å². The van der Waals surface area contributed by atoms with Gasteiger partial charge < -0.3 is 15.7 Å². The summed E-state index contributed by atoms with van der Waals surface area (Å²) in [6, 6.07) is 6.65. The summed E-state index contributed by atoms with van der Waals surface area (Å²) >= 11 is 0. The zero-order valence-electron chi connectivity index (χ0n) is 12.4. The summed E-state index contributed by atoms with van der Waals surface area (Å²) in [5.41, 5.74) is 1.18. The first-order chi connectivity index (χ1) is 11.1. The Morgan fingerprint density at radius 1 is 1.30 bits per heavy atom. The number of aliphatic hydroxyl groups excluding tert-OH is 1. The Bertz CT molecular complexity index is 629. The smallest absolute Gasteiger partial charge is 0.319 e. The van der Waals surface area contributed by atoms with Crippen LogP contribution in [0.3, 0.4) is 0 Å². The number of amides is 1. The maximum Gasteiger partial charge on any atom is 0.319 e. The minimum atomic E-state index is -2.63. The highest BCUT2D eigenvalue weighted by atomic mass is 19.3. The van der Waals surface area contributed by atoms with Gasteiger partial charge in [0, 0.05) is 36.8 Å². The number of hydrogen-bond acceptors (Lipinski definition) is 4. The number of anilines is 1. The van der Waals surface area contributed by atoms with Crippen molar-refractivity contribution in [2.45, 2.75) is 19.5 Å². The number of aliphatic hydroxyl groups is 1. The second-order valence-corrected chi connectivity index (χ2v) is 4.79. The summed E-state index contributed by atoms with van der Waals surface area (Å²) in [7, 11) is 0. The summed E-state index contributed by atoms with van der Waals surface area (Å²) in [5, 5.41) is 14.3. The lowest BCUT2D eigenvalue weighted by atomic mass is 10.2. The average molecular weight is 324 g/mol. The van der Waals surface area contributed by atoms with Crippen LogP contribution < -0.4 is 10.6 Å². The number of carbonyl (C=O) groups is 1. The van der Waals surface area contributed by atoms with Crippen molar-refractivity contribution in [2.75, 3.05) is 18.5 Å². The molecule has 23 heavy (non-hydrogen) atoms. The molecule has 0 fully saturated rings. The number of nitrogens with zero attached hydrogens (tertiary/aromatic N) is 2. The van der Waals surface area contributed by atoms with Crippen molar-refractivity contribution in [1.82, 2.24) is 14.9 Å². The normalized spacial score (nSPS) is 10.8. The lowest BCUT2D eigenvalue weighted by molar-refractivity contribution is 0.0672.